The summed E-state index contributed by atoms with van der Waals surface area (Å²) < 4.78 is 19.0. The van der Waals surface area contributed by atoms with Crippen molar-refractivity contribution in [3.8, 4) is 11.8 Å². The van der Waals surface area contributed by atoms with Gasteiger partial charge in [0, 0.05) is 24.6 Å². The van der Waals surface area contributed by atoms with Crippen molar-refractivity contribution in [1.82, 2.24) is 4.98 Å². The Bertz CT molecular complexity index is 1050. The molecule has 0 amide bonds. The molecule has 0 saturated heterocycles. The van der Waals surface area contributed by atoms with Crippen molar-refractivity contribution in [3.63, 3.8) is 0 Å². The Labute approximate surface area is 154 Å². The number of para-hydroxylation sites is 1. The summed E-state index contributed by atoms with van der Waals surface area (Å²) in [5.41, 5.74) is 0.678. The molecule has 7 nitrogen and oxygen atoms in total. The lowest BCUT2D eigenvalue weighted by Crippen LogP contribution is -2.25. The number of nitrogens with zero attached hydrogens (tertiary/aromatic N) is 4. The van der Waals surface area contributed by atoms with Crippen LogP contribution in [0.5, 0.6) is 5.75 Å². The lowest BCUT2D eigenvalue weighted by atomic mass is 10.1. The van der Waals surface area contributed by atoms with Crippen LogP contribution in [-0.4, -0.2) is 30.1 Å². The Kier molecular flexibility index (Phi) is 5.13. The van der Waals surface area contributed by atoms with Crippen LogP contribution in [0, 0.1) is 27.3 Å². The first-order valence-electron chi connectivity index (χ1n) is 8.07. The highest BCUT2D eigenvalue weighted by Crippen LogP contribution is 2.26. The van der Waals surface area contributed by atoms with E-state index in [1.807, 2.05) is 0 Å². The number of non-ortho nitro benzene ring substituents is 1. The second kappa shape index (κ2) is 7.66. The van der Waals surface area contributed by atoms with Gasteiger partial charge in [-0.3, -0.25) is 10.1 Å². The van der Waals surface area contributed by atoms with Gasteiger partial charge in [-0.05, 0) is 24.3 Å². The molecule has 0 bridgehead atoms. The predicted octanol–water partition coefficient (Wildman–Crippen LogP) is 3.67. The molecule has 1 aromatic heterocycles. The van der Waals surface area contributed by atoms with E-state index in [-0.39, 0.29) is 18.0 Å². The van der Waals surface area contributed by atoms with Crippen LogP contribution in [0.1, 0.15) is 5.56 Å². The molecule has 0 spiro atoms. The van der Waals surface area contributed by atoms with Crippen molar-refractivity contribution in [2.24, 2.45) is 0 Å². The molecule has 0 atom stereocenters. The average molecular weight is 366 g/mol. The first-order valence-corrected chi connectivity index (χ1v) is 8.07. The number of nitro benzene ring substituents is 1. The van der Waals surface area contributed by atoms with Crippen molar-refractivity contribution in [1.29, 1.82) is 5.26 Å². The van der Waals surface area contributed by atoms with Crippen LogP contribution < -0.4 is 9.64 Å². The van der Waals surface area contributed by atoms with Gasteiger partial charge in [0.25, 0.3) is 5.69 Å². The van der Waals surface area contributed by atoms with Gasteiger partial charge in [-0.2, -0.15) is 5.26 Å². The second-order valence-electron chi connectivity index (χ2n) is 5.80. The fraction of sp³-hybridized carbons (Fsp3) is 0.158. The van der Waals surface area contributed by atoms with Gasteiger partial charge in [0.05, 0.1) is 28.6 Å². The predicted molar refractivity (Wildman–Crippen MR) is 98.3 cm³/mol. The smallest absolute Gasteiger partial charge is 0.270 e. The van der Waals surface area contributed by atoms with Gasteiger partial charge in [-0.1, -0.05) is 12.1 Å². The third kappa shape index (κ3) is 3.93. The zero-order valence-corrected chi connectivity index (χ0v) is 14.4. The number of hydrogen-bond donors (Lipinski definition) is 0. The van der Waals surface area contributed by atoms with Gasteiger partial charge < -0.3 is 9.64 Å². The highest BCUT2D eigenvalue weighted by Gasteiger charge is 2.13. The van der Waals surface area contributed by atoms with E-state index in [4.69, 9.17) is 4.74 Å². The Morgan fingerprint density at radius 1 is 1.30 bits per heavy atom. The van der Waals surface area contributed by atoms with E-state index in [1.54, 1.807) is 36.2 Å². The molecule has 1 heterocycles. The molecule has 27 heavy (non-hydrogen) atoms. The van der Waals surface area contributed by atoms with Crippen LogP contribution in [0.2, 0.25) is 0 Å². The van der Waals surface area contributed by atoms with Crippen LogP contribution in [0.25, 0.3) is 10.9 Å². The standard InChI is InChI=1S/C19H15FN4O3/c1-23(8-9-27-18-5-3-2-4-16(18)20)19-10-13(12-21)15-11-14(24(25)26)6-7-17(15)22-19/h2-7,10-11H,8-9H2,1H3. The number of ether oxygens (including phenoxy) is 1. The van der Waals surface area contributed by atoms with Crippen molar-refractivity contribution in [2.45, 2.75) is 0 Å². The highest BCUT2D eigenvalue weighted by molar-refractivity contribution is 5.88. The first-order chi connectivity index (χ1) is 13.0. The molecule has 0 saturated carbocycles. The summed E-state index contributed by atoms with van der Waals surface area (Å²) >= 11 is 0. The molecule has 0 unspecified atom stereocenters. The molecule has 0 N–H and O–H groups in total. The van der Waals surface area contributed by atoms with Gasteiger partial charge >= 0.3 is 0 Å². The Morgan fingerprint density at radius 2 is 2.07 bits per heavy atom. The van der Waals surface area contributed by atoms with Crippen molar-refractivity contribution in [3.05, 3.63) is 70.0 Å². The largest absolute Gasteiger partial charge is 0.489 e. The number of fused-ring (bicyclic) bond motifs is 1. The summed E-state index contributed by atoms with van der Waals surface area (Å²) in [6.07, 6.45) is 0. The number of benzene rings is 2. The van der Waals surface area contributed by atoms with Gasteiger partial charge in [0.1, 0.15) is 12.4 Å². The minimum absolute atomic E-state index is 0.0970. The molecule has 0 aliphatic rings. The molecule has 3 aromatic rings. The maximum absolute atomic E-state index is 13.6. The second-order valence-corrected chi connectivity index (χ2v) is 5.80. The lowest BCUT2D eigenvalue weighted by Gasteiger charge is -2.19. The fourth-order valence-corrected chi connectivity index (χ4v) is 2.57. The monoisotopic (exact) mass is 366 g/mol. The molecule has 8 heteroatoms. The van der Waals surface area contributed by atoms with Crippen molar-refractivity contribution in [2.75, 3.05) is 25.1 Å². The summed E-state index contributed by atoms with van der Waals surface area (Å²) in [5, 5.41) is 20.7. The third-order valence-corrected chi connectivity index (χ3v) is 4.02. The third-order valence-electron chi connectivity index (χ3n) is 4.02. The summed E-state index contributed by atoms with van der Waals surface area (Å²) in [4.78, 5) is 16.6. The number of nitro groups is 1. The quantitative estimate of drug-likeness (QED) is 0.488. The fourth-order valence-electron chi connectivity index (χ4n) is 2.57. The SMILES string of the molecule is CN(CCOc1ccccc1F)c1cc(C#N)c2cc([N+](=O)[O-])ccc2n1. The summed E-state index contributed by atoms with van der Waals surface area (Å²) in [5.74, 6) is 0.254. The van der Waals surface area contributed by atoms with Gasteiger partial charge in [0.2, 0.25) is 0 Å². The number of nitriles is 1. The minimum atomic E-state index is -0.513. The van der Waals surface area contributed by atoms with E-state index >= 15 is 0 Å². The first kappa shape index (κ1) is 18.1. The number of rotatable bonds is 6. The van der Waals surface area contributed by atoms with E-state index in [1.165, 1.54) is 24.3 Å². The highest BCUT2D eigenvalue weighted by atomic mass is 19.1. The molecule has 2 aromatic carbocycles. The molecule has 0 radical (unpaired) electrons. The normalized spacial score (nSPS) is 10.4. The van der Waals surface area contributed by atoms with Gasteiger partial charge in [0.15, 0.2) is 11.6 Å². The Morgan fingerprint density at radius 3 is 2.78 bits per heavy atom. The van der Waals surface area contributed by atoms with Crippen LogP contribution in [0.3, 0.4) is 0 Å². The molecule has 0 aliphatic heterocycles. The Balaban J connectivity index is 1.79. The maximum atomic E-state index is 13.6. The number of aromatic nitrogens is 1. The number of likely N-dealkylation sites (N-methyl/N-ethyl adjacent to an activating group) is 1. The molecule has 0 fully saturated rings. The number of pyridine rings is 1. The van der Waals surface area contributed by atoms with Crippen molar-refractivity contribution >= 4 is 22.4 Å². The average Bonchev–Trinajstić information content (AvgIpc) is 2.67. The van der Waals surface area contributed by atoms with E-state index in [9.17, 15) is 19.8 Å². The number of hydrogen-bond acceptors (Lipinski definition) is 6. The van der Waals surface area contributed by atoms with Crippen molar-refractivity contribution < 1.29 is 14.1 Å². The zero-order chi connectivity index (χ0) is 19.4. The molecular formula is C19H15FN4O3. The summed E-state index contributed by atoms with van der Waals surface area (Å²) in [6, 6.07) is 14.0. The number of anilines is 1. The van der Waals surface area contributed by atoms with Crippen LogP contribution in [0.15, 0.2) is 48.5 Å². The van der Waals surface area contributed by atoms with E-state index < -0.39 is 10.7 Å². The topological polar surface area (TPSA) is 92.3 Å². The van der Waals surface area contributed by atoms with E-state index in [0.29, 0.717) is 28.8 Å². The zero-order valence-electron chi connectivity index (χ0n) is 14.4. The lowest BCUT2D eigenvalue weighted by molar-refractivity contribution is -0.384. The van der Waals surface area contributed by atoms with E-state index in [0.717, 1.165) is 0 Å². The van der Waals surface area contributed by atoms with Crippen LogP contribution >= 0.6 is 0 Å². The molecule has 3 rings (SSSR count). The van der Waals surface area contributed by atoms with Crippen LogP contribution in [-0.2, 0) is 0 Å². The summed E-state index contributed by atoms with van der Waals surface area (Å²) in [6.45, 7) is 0.629. The summed E-state index contributed by atoms with van der Waals surface area (Å²) in [7, 11) is 1.77. The molecular weight excluding hydrogens is 351 g/mol. The van der Waals surface area contributed by atoms with Gasteiger partial charge in [-0.25, -0.2) is 9.37 Å². The van der Waals surface area contributed by atoms with Crippen LogP contribution in [0.4, 0.5) is 15.9 Å². The van der Waals surface area contributed by atoms with E-state index in [2.05, 4.69) is 11.1 Å². The Hall–Kier alpha value is -3.73. The maximum Gasteiger partial charge on any atom is 0.270 e. The molecule has 0 aliphatic carbocycles. The molecule has 136 valence electrons. The van der Waals surface area contributed by atoms with Gasteiger partial charge in [-0.15, -0.1) is 0 Å². The minimum Gasteiger partial charge on any atom is -0.489 e. The number of halogens is 1.